The molecule has 168 valence electrons. The molecule has 0 saturated carbocycles. The van der Waals surface area contributed by atoms with Crippen LogP contribution < -0.4 is 0 Å². The molecule has 0 aliphatic carbocycles. The maximum absolute atomic E-state index is 13.6. The second-order valence-corrected chi connectivity index (χ2v) is 11.2. The van der Waals surface area contributed by atoms with Gasteiger partial charge in [-0.3, -0.25) is 4.79 Å². The van der Waals surface area contributed by atoms with E-state index in [0.717, 1.165) is 15.0 Å². The smallest absolute Gasteiger partial charge is 0.329 e. The fraction of sp³-hybridized carbons (Fsp3) is 0.950. The minimum Gasteiger partial charge on any atom is -0.329 e. The Balaban J connectivity index is 2.50. The molecule has 2 saturated heterocycles. The van der Waals surface area contributed by atoms with Crippen LogP contribution in [0.15, 0.2) is 0 Å². The van der Waals surface area contributed by atoms with Crippen molar-refractivity contribution in [3.05, 3.63) is 0 Å². The Kier molecular flexibility index (Phi) is 5.94. The Morgan fingerprint density at radius 1 is 0.724 bits per heavy atom. The van der Waals surface area contributed by atoms with E-state index in [1.165, 1.54) is 0 Å². The van der Waals surface area contributed by atoms with Crippen molar-refractivity contribution >= 4 is 5.91 Å². The Morgan fingerprint density at radius 3 is 1.17 bits per heavy atom. The highest BCUT2D eigenvalue weighted by Gasteiger charge is 2.56. The third-order valence-corrected chi connectivity index (χ3v) is 6.40. The molecule has 0 unspecified atom stereocenters. The number of hydrogen-bond acceptors (Lipinski definition) is 3. The molecular weight excluding hydrogens is 387 g/mol. The second-order valence-electron chi connectivity index (χ2n) is 11.2. The molecule has 1 amide bonds. The Bertz CT molecular complexity index is 569. The van der Waals surface area contributed by atoms with Gasteiger partial charge in [0.25, 0.3) is 0 Å². The third kappa shape index (κ3) is 4.57. The standard InChI is InChI=1S/C20H34F3N3O3/c1-16(2)9-13(10-17(3,4)25(16)28)24(15(27)20(21,22)23)14-11-18(5,6)26(29)19(7,8)12-14/h13-14H,9-12H2,1-8H3. The summed E-state index contributed by atoms with van der Waals surface area (Å²) < 4.78 is 40.8. The van der Waals surface area contributed by atoms with E-state index < -0.39 is 46.3 Å². The molecule has 0 atom stereocenters. The highest BCUT2D eigenvalue weighted by Crippen LogP contribution is 2.45. The van der Waals surface area contributed by atoms with Gasteiger partial charge in [0.05, 0.1) is 0 Å². The average Bonchev–Trinajstić information content (AvgIpc) is 2.48. The number of piperidine rings is 2. The first-order valence-corrected chi connectivity index (χ1v) is 10.1. The second kappa shape index (κ2) is 7.07. The van der Waals surface area contributed by atoms with Crippen LogP contribution in [0.25, 0.3) is 0 Å². The molecule has 9 heteroatoms. The van der Waals surface area contributed by atoms with Crippen molar-refractivity contribution in [2.45, 2.75) is 121 Å². The van der Waals surface area contributed by atoms with Crippen molar-refractivity contribution in [3.8, 4) is 0 Å². The minimum absolute atomic E-state index is 0.139. The minimum atomic E-state index is -5.02. The highest BCUT2D eigenvalue weighted by molar-refractivity contribution is 5.82. The average molecular weight is 422 g/mol. The molecule has 29 heavy (non-hydrogen) atoms. The van der Waals surface area contributed by atoms with Gasteiger partial charge in [0, 0.05) is 34.2 Å². The number of halogens is 3. The SMILES string of the molecule is CC1(C)CC(N(C(=O)C(F)(F)F)C2CC(C)(C)N([O])C(C)(C)C2)CC(C)(C)N1[O]. The quantitative estimate of drug-likeness (QED) is 0.674. The Labute approximate surface area is 171 Å². The molecule has 2 radical (unpaired) electrons. The molecule has 0 aromatic carbocycles. The van der Waals surface area contributed by atoms with Crippen molar-refractivity contribution in [2.24, 2.45) is 0 Å². The topological polar surface area (TPSA) is 66.6 Å². The normalized spacial score (nSPS) is 28.3. The zero-order valence-electron chi connectivity index (χ0n) is 18.7. The molecule has 0 aromatic heterocycles. The molecule has 6 nitrogen and oxygen atoms in total. The van der Waals surface area contributed by atoms with Gasteiger partial charge in [0.1, 0.15) is 0 Å². The Hall–Kier alpha value is -0.900. The van der Waals surface area contributed by atoms with Crippen molar-refractivity contribution in [1.29, 1.82) is 0 Å². The van der Waals surface area contributed by atoms with Crippen molar-refractivity contribution < 1.29 is 28.4 Å². The van der Waals surface area contributed by atoms with E-state index in [1.54, 1.807) is 55.4 Å². The first-order chi connectivity index (χ1) is 12.7. The summed E-state index contributed by atoms with van der Waals surface area (Å²) >= 11 is 0. The number of carbonyl (C=O) groups is 1. The number of nitrogens with zero attached hydrogens (tertiary/aromatic N) is 3. The van der Waals surface area contributed by atoms with Gasteiger partial charge >= 0.3 is 12.1 Å². The molecule has 0 aromatic rings. The third-order valence-electron chi connectivity index (χ3n) is 6.40. The van der Waals surface area contributed by atoms with Crippen LogP contribution in [0, 0.1) is 0 Å². The molecular formula is C20H34F3N3O3. The van der Waals surface area contributed by atoms with E-state index in [1.807, 2.05) is 0 Å². The summed E-state index contributed by atoms with van der Waals surface area (Å²) in [4.78, 5) is 13.5. The lowest BCUT2D eigenvalue weighted by Gasteiger charge is -2.57. The molecule has 2 fully saturated rings. The van der Waals surface area contributed by atoms with Gasteiger partial charge in [-0.05, 0) is 81.1 Å². The number of hydrogen-bond donors (Lipinski definition) is 0. The zero-order valence-corrected chi connectivity index (χ0v) is 18.7. The maximum Gasteiger partial charge on any atom is 0.471 e. The van der Waals surface area contributed by atoms with Crippen LogP contribution >= 0.6 is 0 Å². The zero-order chi connectivity index (χ0) is 22.8. The lowest BCUT2D eigenvalue weighted by Crippen LogP contribution is -2.68. The summed E-state index contributed by atoms with van der Waals surface area (Å²) in [6.45, 7) is 13.5. The molecule has 2 rings (SSSR count). The largest absolute Gasteiger partial charge is 0.471 e. The van der Waals surface area contributed by atoms with Crippen LogP contribution in [0.4, 0.5) is 13.2 Å². The van der Waals surface area contributed by atoms with Crippen LogP contribution in [0.2, 0.25) is 0 Å². The number of hydroxylamine groups is 4. The van der Waals surface area contributed by atoms with Crippen molar-refractivity contribution in [1.82, 2.24) is 15.0 Å². The molecule has 2 aliphatic heterocycles. The van der Waals surface area contributed by atoms with E-state index in [9.17, 15) is 28.4 Å². The van der Waals surface area contributed by atoms with Gasteiger partial charge in [-0.15, -0.1) is 20.5 Å². The number of alkyl halides is 3. The van der Waals surface area contributed by atoms with Crippen molar-refractivity contribution in [3.63, 3.8) is 0 Å². The fourth-order valence-electron chi connectivity index (χ4n) is 5.59. The summed E-state index contributed by atoms with van der Waals surface area (Å²) in [7, 11) is 0. The van der Waals surface area contributed by atoms with Gasteiger partial charge in [0.15, 0.2) is 0 Å². The summed E-state index contributed by atoms with van der Waals surface area (Å²) in [5, 5.41) is 27.2. The molecule has 2 aliphatic rings. The first-order valence-electron chi connectivity index (χ1n) is 10.1. The number of carbonyl (C=O) groups excluding carboxylic acids is 1. The fourth-order valence-corrected chi connectivity index (χ4v) is 5.59. The first kappa shape index (κ1) is 24.4. The Morgan fingerprint density at radius 2 is 0.966 bits per heavy atom. The van der Waals surface area contributed by atoms with Gasteiger partial charge in [0.2, 0.25) is 0 Å². The van der Waals surface area contributed by atoms with E-state index in [-0.39, 0.29) is 25.7 Å². The predicted octanol–water partition coefficient (Wildman–Crippen LogP) is 4.11. The van der Waals surface area contributed by atoms with E-state index in [4.69, 9.17) is 0 Å². The molecule has 0 spiro atoms. The molecule has 0 N–H and O–H groups in total. The number of amides is 1. The molecule has 2 heterocycles. The molecule has 0 bridgehead atoms. The summed E-state index contributed by atoms with van der Waals surface area (Å²) in [6.07, 6.45) is -4.47. The highest BCUT2D eigenvalue weighted by atomic mass is 19.4. The summed E-state index contributed by atoms with van der Waals surface area (Å²) in [5.74, 6) is -1.88. The van der Waals surface area contributed by atoms with E-state index in [0.29, 0.717) is 0 Å². The van der Waals surface area contributed by atoms with Gasteiger partial charge in [-0.2, -0.15) is 13.2 Å². The van der Waals surface area contributed by atoms with Gasteiger partial charge in [-0.1, -0.05) is 0 Å². The number of rotatable bonds is 2. The maximum atomic E-state index is 13.6. The van der Waals surface area contributed by atoms with Crippen LogP contribution in [0.1, 0.15) is 81.1 Å². The van der Waals surface area contributed by atoms with Crippen LogP contribution in [-0.4, -0.2) is 61.3 Å². The summed E-state index contributed by atoms with van der Waals surface area (Å²) in [6, 6.07) is -1.48. The van der Waals surface area contributed by atoms with Gasteiger partial charge < -0.3 is 4.90 Å². The van der Waals surface area contributed by atoms with E-state index in [2.05, 4.69) is 0 Å². The lowest BCUT2D eigenvalue weighted by atomic mass is 9.74. The van der Waals surface area contributed by atoms with Crippen LogP contribution in [-0.2, 0) is 15.2 Å². The van der Waals surface area contributed by atoms with Crippen molar-refractivity contribution in [2.75, 3.05) is 0 Å². The lowest BCUT2D eigenvalue weighted by molar-refractivity contribution is -0.305. The van der Waals surface area contributed by atoms with Gasteiger partial charge in [-0.25, -0.2) is 0 Å². The summed E-state index contributed by atoms with van der Waals surface area (Å²) in [5.41, 5.74) is -3.66. The van der Waals surface area contributed by atoms with Crippen LogP contribution in [0.5, 0.6) is 0 Å². The predicted molar refractivity (Wildman–Crippen MR) is 100 cm³/mol. The monoisotopic (exact) mass is 421 g/mol. The van der Waals surface area contributed by atoms with E-state index >= 15 is 0 Å². The van der Waals surface area contributed by atoms with Crippen LogP contribution in [0.3, 0.4) is 0 Å².